The van der Waals surface area contributed by atoms with Crippen molar-refractivity contribution in [3.05, 3.63) is 29.8 Å². The lowest BCUT2D eigenvalue weighted by molar-refractivity contribution is -0.123. The normalized spacial score (nSPS) is 14.1. The van der Waals surface area contributed by atoms with Crippen molar-refractivity contribution in [2.75, 3.05) is 18.6 Å². The summed E-state index contributed by atoms with van der Waals surface area (Å²) in [6.45, 7) is 8.55. The fraction of sp³-hybridized carbons (Fsp3) is 0.611. The van der Waals surface area contributed by atoms with Gasteiger partial charge in [0, 0.05) is 6.26 Å². The molecule has 1 aromatic rings. The molecule has 0 saturated heterocycles. The fourth-order valence-electron chi connectivity index (χ4n) is 2.14. The molecule has 26 heavy (non-hydrogen) atoms. The number of carbonyl (C=O) groups is 1. The van der Waals surface area contributed by atoms with E-state index in [4.69, 9.17) is 10.5 Å². The molecule has 1 aromatic carbocycles. The summed E-state index contributed by atoms with van der Waals surface area (Å²) >= 11 is 0. The summed E-state index contributed by atoms with van der Waals surface area (Å²) in [5, 5.41) is 2.74. The monoisotopic (exact) mass is 406 g/mol. The predicted molar refractivity (Wildman–Crippen MR) is 108 cm³/mol. The van der Waals surface area contributed by atoms with Crippen molar-refractivity contribution in [2.24, 2.45) is 5.73 Å². The van der Waals surface area contributed by atoms with Gasteiger partial charge in [-0.25, -0.2) is 8.42 Å². The number of nitrogens with two attached hydrogens (primary N) is 1. The molecule has 0 aliphatic heterocycles. The number of ether oxygens (including phenoxy) is 1. The van der Waals surface area contributed by atoms with Crippen LogP contribution >= 0.6 is 12.4 Å². The van der Waals surface area contributed by atoms with Crippen LogP contribution in [-0.4, -0.2) is 45.0 Å². The molecule has 6 nitrogen and oxygen atoms in total. The minimum Gasteiger partial charge on any atom is -0.491 e. The van der Waals surface area contributed by atoms with Crippen LogP contribution in [0.4, 0.5) is 0 Å². The number of benzene rings is 1. The standard InChI is InChI=1S/C18H30N2O4S.ClH/c1-13(20-17(21)16(19)10-11-25(5,22)23)12-24-15-8-6-14(7-9-15)18(2,3)4;/h6-9,13,16H,10-12,19H2,1-5H3,(H,20,21);1H. The van der Waals surface area contributed by atoms with Gasteiger partial charge in [-0.2, -0.15) is 0 Å². The van der Waals surface area contributed by atoms with Crippen molar-refractivity contribution in [2.45, 2.75) is 51.6 Å². The Morgan fingerprint density at radius 3 is 2.23 bits per heavy atom. The number of nitrogens with one attached hydrogen (secondary N) is 1. The summed E-state index contributed by atoms with van der Waals surface area (Å²) < 4.78 is 27.9. The first kappa shape index (κ1) is 24.7. The van der Waals surface area contributed by atoms with Crippen LogP contribution in [0.5, 0.6) is 5.75 Å². The molecule has 0 saturated carbocycles. The van der Waals surface area contributed by atoms with Crippen molar-refractivity contribution < 1.29 is 17.9 Å². The Kier molecular flexibility index (Phi) is 9.62. The smallest absolute Gasteiger partial charge is 0.237 e. The van der Waals surface area contributed by atoms with Crippen molar-refractivity contribution in [3.8, 4) is 5.75 Å². The van der Waals surface area contributed by atoms with Crippen molar-refractivity contribution >= 4 is 28.2 Å². The minimum absolute atomic E-state index is 0. The molecule has 1 amide bonds. The molecular weight excluding hydrogens is 376 g/mol. The summed E-state index contributed by atoms with van der Waals surface area (Å²) in [4.78, 5) is 12.0. The maximum Gasteiger partial charge on any atom is 0.237 e. The fourth-order valence-corrected chi connectivity index (χ4v) is 2.82. The summed E-state index contributed by atoms with van der Waals surface area (Å²) in [6.07, 6.45) is 1.23. The number of halogens is 1. The molecule has 0 spiro atoms. The molecule has 8 heteroatoms. The van der Waals surface area contributed by atoms with E-state index in [0.29, 0.717) is 6.61 Å². The highest BCUT2D eigenvalue weighted by molar-refractivity contribution is 7.90. The number of hydrogen-bond acceptors (Lipinski definition) is 5. The summed E-state index contributed by atoms with van der Waals surface area (Å²) in [5.74, 6) is 0.255. The molecule has 0 heterocycles. The zero-order valence-electron chi connectivity index (χ0n) is 16.1. The van der Waals surface area contributed by atoms with Gasteiger partial charge in [-0.3, -0.25) is 4.79 Å². The molecule has 0 fully saturated rings. The van der Waals surface area contributed by atoms with Gasteiger partial charge in [0.2, 0.25) is 5.91 Å². The van der Waals surface area contributed by atoms with E-state index in [1.165, 1.54) is 5.56 Å². The van der Waals surface area contributed by atoms with Crippen molar-refractivity contribution in [1.29, 1.82) is 0 Å². The average molecular weight is 407 g/mol. The third kappa shape index (κ3) is 9.40. The lowest BCUT2D eigenvalue weighted by Crippen LogP contribution is -2.46. The second kappa shape index (κ2) is 10.1. The second-order valence-corrected chi connectivity index (χ2v) is 9.78. The summed E-state index contributed by atoms with van der Waals surface area (Å²) in [7, 11) is -3.13. The van der Waals surface area contributed by atoms with Gasteiger partial charge in [-0.15, -0.1) is 12.4 Å². The Balaban J connectivity index is 0.00000625. The molecule has 0 aliphatic rings. The average Bonchev–Trinajstić information content (AvgIpc) is 2.49. The van der Waals surface area contributed by atoms with E-state index in [1.54, 1.807) is 0 Å². The molecule has 2 unspecified atom stereocenters. The van der Waals surface area contributed by atoms with E-state index < -0.39 is 15.9 Å². The van der Waals surface area contributed by atoms with Crippen LogP contribution in [0.15, 0.2) is 24.3 Å². The zero-order chi connectivity index (χ0) is 19.3. The number of carbonyl (C=O) groups excluding carboxylic acids is 1. The van der Waals surface area contributed by atoms with Crippen LogP contribution in [0, 0.1) is 0 Å². The maximum absolute atomic E-state index is 12.0. The van der Waals surface area contributed by atoms with Gasteiger partial charge in [-0.1, -0.05) is 32.9 Å². The highest BCUT2D eigenvalue weighted by Gasteiger charge is 2.18. The zero-order valence-corrected chi connectivity index (χ0v) is 17.7. The van der Waals surface area contributed by atoms with Gasteiger partial charge in [0.15, 0.2) is 0 Å². The van der Waals surface area contributed by atoms with Crippen LogP contribution in [-0.2, 0) is 20.0 Å². The first-order chi connectivity index (χ1) is 11.4. The van der Waals surface area contributed by atoms with Gasteiger partial charge in [0.25, 0.3) is 0 Å². The topological polar surface area (TPSA) is 98.5 Å². The largest absolute Gasteiger partial charge is 0.491 e. The molecule has 0 aromatic heterocycles. The Bertz CT molecular complexity index is 669. The third-order valence-corrected chi connectivity index (χ3v) is 4.72. The molecular formula is C18H31ClN2O4S. The van der Waals surface area contributed by atoms with Crippen LogP contribution in [0.2, 0.25) is 0 Å². The number of rotatable bonds is 8. The Morgan fingerprint density at radius 2 is 1.77 bits per heavy atom. The molecule has 3 N–H and O–H groups in total. The first-order valence-corrected chi connectivity index (χ1v) is 10.4. The van der Waals surface area contributed by atoms with E-state index in [2.05, 4.69) is 26.1 Å². The van der Waals surface area contributed by atoms with Gasteiger partial charge >= 0.3 is 0 Å². The SMILES string of the molecule is CC(COc1ccc(C(C)(C)C)cc1)NC(=O)C(N)CCS(C)(=O)=O.Cl. The first-order valence-electron chi connectivity index (χ1n) is 8.35. The van der Waals surface area contributed by atoms with E-state index in [1.807, 2.05) is 31.2 Å². The second-order valence-electron chi connectivity index (χ2n) is 7.52. The number of sulfone groups is 1. The van der Waals surface area contributed by atoms with Gasteiger partial charge in [0.05, 0.1) is 17.8 Å². The lowest BCUT2D eigenvalue weighted by atomic mass is 9.87. The Morgan fingerprint density at radius 1 is 1.23 bits per heavy atom. The highest BCUT2D eigenvalue weighted by Crippen LogP contribution is 2.24. The molecule has 2 atom stereocenters. The molecule has 0 bridgehead atoms. The summed E-state index contributed by atoms with van der Waals surface area (Å²) in [5.41, 5.74) is 7.03. The molecule has 150 valence electrons. The molecule has 0 radical (unpaired) electrons. The van der Waals surface area contributed by atoms with E-state index in [9.17, 15) is 13.2 Å². The van der Waals surface area contributed by atoms with Crippen molar-refractivity contribution in [1.82, 2.24) is 5.32 Å². The number of amides is 1. The Labute approximate surface area is 163 Å². The Hall–Kier alpha value is -1.31. The number of hydrogen-bond donors (Lipinski definition) is 2. The van der Waals surface area contributed by atoms with Crippen molar-refractivity contribution in [3.63, 3.8) is 0 Å². The van der Waals surface area contributed by atoms with E-state index in [-0.39, 0.29) is 41.9 Å². The highest BCUT2D eigenvalue weighted by atomic mass is 35.5. The van der Waals surface area contributed by atoms with Gasteiger partial charge < -0.3 is 15.8 Å². The van der Waals surface area contributed by atoms with Crippen LogP contribution < -0.4 is 15.8 Å². The van der Waals surface area contributed by atoms with Crippen LogP contribution in [0.3, 0.4) is 0 Å². The van der Waals surface area contributed by atoms with E-state index >= 15 is 0 Å². The molecule has 1 rings (SSSR count). The lowest BCUT2D eigenvalue weighted by Gasteiger charge is -2.20. The van der Waals surface area contributed by atoms with Gasteiger partial charge in [0.1, 0.15) is 22.2 Å². The predicted octanol–water partition coefficient (Wildman–Crippen LogP) is 2.05. The van der Waals surface area contributed by atoms with Crippen LogP contribution in [0.25, 0.3) is 0 Å². The minimum atomic E-state index is -3.13. The van der Waals surface area contributed by atoms with E-state index in [0.717, 1.165) is 12.0 Å². The quantitative estimate of drug-likeness (QED) is 0.688. The summed E-state index contributed by atoms with van der Waals surface area (Å²) in [6, 6.07) is 6.79. The maximum atomic E-state index is 12.0. The molecule has 0 aliphatic carbocycles. The third-order valence-electron chi connectivity index (χ3n) is 3.75. The van der Waals surface area contributed by atoms with Crippen LogP contribution in [0.1, 0.15) is 39.7 Å². The van der Waals surface area contributed by atoms with Gasteiger partial charge in [-0.05, 0) is 36.5 Å².